The second-order valence-corrected chi connectivity index (χ2v) is 5.68. The number of unbranched alkanes of at least 4 members (excludes halogenated alkanes) is 2. The average Bonchev–Trinajstić information content (AvgIpc) is 2.59. The summed E-state index contributed by atoms with van der Waals surface area (Å²) in [6.45, 7) is 4.00. The number of nitrogens with one attached hydrogen (secondary N) is 1. The lowest BCUT2D eigenvalue weighted by molar-refractivity contribution is -0.126. The van der Waals surface area contributed by atoms with E-state index in [0.717, 1.165) is 38.6 Å². The highest BCUT2D eigenvalue weighted by atomic mass is 16.2. The van der Waals surface area contributed by atoms with Crippen LogP contribution < -0.4 is 5.32 Å². The molecule has 0 spiro atoms. The van der Waals surface area contributed by atoms with E-state index in [-0.39, 0.29) is 17.7 Å². The molecule has 1 saturated heterocycles. The van der Waals surface area contributed by atoms with Crippen molar-refractivity contribution in [3.05, 3.63) is 24.3 Å². The number of piperidine rings is 1. The average molecular weight is 304 g/mol. The van der Waals surface area contributed by atoms with Gasteiger partial charge in [0, 0.05) is 32.0 Å². The summed E-state index contributed by atoms with van der Waals surface area (Å²) in [5.74, 6) is -0.194. The molecule has 2 amide bonds. The lowest BCUT2D eigenvalue weighted by Gasteiger charge is -2.31. The van der Waals surface area contributed by atoms with Gasteiger partial charge in [0.15, 0.2) is 0 Å². The monoisotopic (exact) mass is 304 g/mol. The quantitative estimate of drug-likeness (QED) is 0.811. The number of rotatable bonds is 6. The molecule has 6 heteroatoms. The Kier molecular flexibility index (Phi) is 6.30. The van der Waals surface area contributed by atoms with E-state index in [9.17, 15) is 9.59 Å². The van der Waals surface area contributed by atoms with Gasteiger partial charge in [-0.15, -0.1) is 0 Å². The highest BCUT2D eigenvalue weighted by molar-refractivity contribution is 5.92. The first-order valence-electron chi connectivity index (χ1n) is 8.05. The molecule has 0 aromatic carbocycles. The SMILES string of the molecule is CCCCCNC(=O)[C@H]1CCCN(C(=O)c2cnccn2)C1. The van der Waals surface area contributed by atoms with Crippen molar-refractivity contribution in [2.45, 2.75) is 39.0 Å². The minimum atomic E-state index is -0.142. The molecule has 1 aromatic heterocycles. The molecule has 22 heavy (non-hydrogen) atoms. The molecular weight excluding hydrogens is 280 g/mol. The maximum Gasteiger partial charge on any atom is 0.274 e. The Hall–Kier alpha value is -1.98. The molecule has 6 nitrogen and oxygen atoms in total. The smallest absolute Gasteiger partial charge is 0.274 e. The Bertz CT molecular complexity index is 492. The second kappa shape index (κ2) is 8.46. The van der Waals surface area contributed by atoms with Gasteiger partial charge in [0.1, 0.15) is 5.69 Å². The van der Waals surface area contributed by atoms with Crippen molar-refractivity contribution in [3.8, 4) is 0 Å². The van der Waals surface area contributed by atoms with Gasteiger partial charge in [-0.05, 0) is 19.3 Å². The Balaban J connectivity index is 1.86. The van der Waals surface area contributed by atoms with E-state index in [1.54, 1.807) is 11.1 Å². The Labute approximate surface area is 131 Å². The van der Waals surface area contributed by atoms with Crippen LogP contribution in [0.4, 0.5) is 0 Å². The number of hydrogen-bond donors (Lipinski definition) is 1. The first-order chi connectivity index (χ1) is 10.7. The molecule has 0 bridgehead atoms. The normalized spacial score (nSPS) is 18.0. The van der Waals surface area contributed by atoms with Gasteiger partial charge in [0.25, 0.3) is 5.91 Å². The van der Waals surface area contributed by atoms with Crippen molar-refractivity contribution in [1.29, 1.82) is 0 Å². The maximum atomic E-state index is 12.4. The number of nitrogens with zero attached hydrogens (tertiary/aromatic N) is 3. The van der Waals surface area contributed by atoms with Gasteiger partial charge < -0.3 is 10.2 Å². The van der Waals surface area contributed by atoms with Crippen LogP contribution >= 0.6 is 0 Å². The van der Waals surface area contributed by atoms with E-state index >= 15 is 0 Å². The van der Waals surface area contributed by atoms with Crippen molar-refractivity contribution in [3.63, 3.8) is 0 Å². The van der Waals surface area contributed by atoms with Crippen LogP contribution in [0.3, 0.4) is 0 Å². The third-order valence-corrected chi connectivity index (χ3v) is 3.94. The molecule has 2 heterocycles. The van der Waals surface area contributed by atoms with E-state index in [0.29, 0.717) is 18.8 Å². The van der Waals surface area contributed by atoms with E-state index < -0.39 is 0 Å². The summed E-state index contributed by atoms with van der Waals surface area (Å²) in [7, 11) is 0. The van der Waals surface area contributed by atoms with E-state index in [1.165, 1.54) is 12.4 Å². The standard InChI is InChI=1S/C16H24N4O2/c1-2-3-4-7-19-15(21)13-6-5-10-20(12-13)16(22)14-11-17-8-9-18-14/h8-9,11,13H,2-7,10,12H2,1H3,(H,19,21)/t13-/m0/s1. The lowest BCUT2D eigenvalue weighted by Crippen LogP contribution is -2.45. The predicted octanol–water partition coefficient (Wildman–Crippen LogP) is 1.64. The van der Waals surface area contributed by atoms with E-state index in [2.05, 4.69) is 22.2 Å². The first-order valence-corrected chi connectivity index (χ1v) is 8.05. The molecular formula is C16H24N4O2. The molecule has 1 atom stereocenters. The van der Waals surface area contributed by atoms with Crippen LogP contribution in [0.2, 0.25) is 0 Å². The Morgan fingerprint density at radius 3 is 2.95 bits per heavy atom. The fraction of sp³-hybridized carbons (Fsp3) is 0.625. The molecule has 1 N–H and O–H groups in total. The van der Waals surface area contributed by atoms with Gasteiger partial charge in [-0.25, -0.2) is 4.98 Å². The van der Waals surface area contributed by atoms with Gasteiger partial charge in [-0.1, -0.05) is 19.8 Å². The third kappa shape index (κ3) is 4.51. The van der Waals surface area contributed by atoms with Crippen LogP contribution in [0.25, 0.3) is 0 Å². The zero-order chi connectivity index (χ0) is 15.8. The van der Waals surface area contributed by atoms with Gasteiger partial charge in [-0.3, -0.25) is 14.6 Å². The number of likely N-dealkylation sites (tertiary alicyclic amines) is 1. The van der Waals surface area contributed by atoms with Crippen molar-refractivity contribution in [2.24, 2.45) is 5.92 Å². The van der Waals surface area contributed by atoms with Gasteiger partial charge in [0.2, 0.25) is 5.91 Å². The van der Waals surface area contributed by atoms with E-state index in [1.807, 2.05) is 0 Å². The fourth-order valence-corrected chi connectivity index (χ4v) is 2.68. The zero-order valence-corrected chi connectivity index (χ0v) is 13.1. The minimum absolute atomic E-state index is 0.0627. The molecule has 0 saturated carbocycles. The number of amides is 2. The van der Waals surface area contributed by atoms with Crippen molar-refractivity contribution >= 4 is 11.8 Å². The molecule has 120 valence electrons. The Morgan fingerprint density at radius 1 is 1.36 bits per heavy atom. The Morgan fingerprint density at radius 2 is 2.23 bits per heavy atom. The lowest BCUT2D eigenvalue weighted by atomic mass is 9.97. The van der Waals surface area contributed by atoms with Crippen LogP contribution in [0.1, 0.15) is 49.5 Å². The van der Waals surface area contributed by atoms with Crippen LogP contribution in [-0.4, -0.2) is 46.3 Å². The summed E-state index contributed by atoms with van der Waals surface area (Å²) < 4.78 is 0. The molecule has 0 aliphatic carbocycles. The summed E-state index contributed by atoms with van der Waals surface area (Å²) in [6, 6.07) is 0. The van der Waals surface area contributed by atoms with Crippen LogP contribution in [0.15, 0.2) is 18.6 Å². The summed E-state index contributed by atoms with van der Waals surface area (Å²) in [4.78, 5) is 34.2. The number of carbonyl (C=O) groups is 2. The van der Waals surface area contributed by atoms with E-state index in [4.69, 9.17) is 0 Å². The molecule has 2 rings (SSSR count). The van der Waals surface area contributed by atoms with Crippen molar-refractivity contribution in [1.82, 2.24) is 20.2 Å². The number of carbonyl (C=O) groups excluding carboxylic acids is 2. The van der Waals surface area contributed by atoms with Gasteiger partial charge in [0.05, 0.1) is 12.1 Å². The van der Waals surface area contributed by atoms with Gasteiger partial charge >= 0.3 is 0 Å². The molecule has 1 aromatic rings. The number of hydrogen-bond acceptors (Lipinski definition) is 4. The minimum Gasteiger partial charge on any atom is -0.356 e. The molecule has 0 unspecified atom stereocenters. The zero-order valence-electron chi connectivity index (χ0n) is 13.1. The van der Waals surface area contributed by atoms with Crippen LogP contribution in [0, 0.1) is 5.92 Å². The van der Waals surface area contributed by atoms with Crippen molar-refractivity contribution in [2.75, 3.05) is 19.6 Å². The summed E-state index contributed by atoms with van der Waals surface area (Å²) in [5.41, 5.74) is 0.339. The maximum absolute atomic E-state index is 12.4. The number of aromatic nitrogens is 2. The molecule has 0 radical (unpaired) electrons. The predicted molar refractivity (Wildman–Crippen MR) is 83.2 cm³/mol. The largest absolute Gasteiger partial charge is 0.356 e. The first kappa shape index (κ1) is 16.4. The highest BCUT2D eigenvalue weighted by Crippen LogP contribution is 2.18. The molecule has 1 fully saturated rings. The van der Waals surface area contributed by atoms with Crippen LogP contribution in [0.5, 0.6) is 0 Å². The second-order valence-electron chi connectivity index (χ2n) is 5.68. The fourth-order valence-electron chi connectivity index (χ4n) is 2.68. The summed E-state index contributed by atoms with van der Waals surface area (Å²) in [5, 5.41) is 2.98. The summed E-state index contributed by atoms with van der Waals surface area (Å²) >= 11 is 0. The topological polar surface area (TPSA) is 75.2 Å². The summed E-state index contributed by atoms with van der Waals surface area (Å²) in [6.07, 6.45) is 9.48. The highest BCUT2D eigenvalue weighted by Gasteiger charge is 2.29. The molecule has 1 aliphatic rings. The molecule has 1 aliphatic heterocycles. The van der Waals surface area contributed by atoms with Crippen LogP contribution in [-0.2, 0) is 4.79 Å². The van der Waals surface area contributed by atoms with Crippen molar-refractivity contribution < 1.29 is 9.59 Å². The third-order valence-electron chi connectivity index (χ3n) is 3.94. The van der Waals surface area contributed by atoms with Gasteiger partial charge in [-0.2, -0.15) is 0 Å².